The summed E-state index contributed by atoms with van der Waals surface area (Å²) in [4.78, 5) is 11.6. The van der Waals surface area contributed by atoms with Gasteiger partial charge in [-0.25, -0.2) is 15.8 Å². The first kappa shape index (κ1) is 15.4. The summed E-state index contributed by atoms with van der Waals surface area (Å²) in [6, 6.07) is 0. The Labute approximate surface area is 125 Å². The number of hydrazine groups is 1. The van der Waals surface area contributed by atoms with Crippen LogP contribution in [0, 0.1) is 6.92 Å². The second-order valence-electron chi connectivity index (χ2n) is 6.21. The van der Waals surface area contributed by atoms with E-state index in [1.807, 2.05) is 18.7 Å². The molecular formula is C14H25N5S. The summed E-state index contributed by atoms with van der Waals surface area (Å²) in [5, 5.41) is 0. The van der Waals surface area contributed by atoms with E-state index < -0.39 is 0 Å². The van der Waals surface area contributed by atoms with Gasteiger partial charge >= 0.3 is 0 Å². The largest absolute Gasteiger partial charge is 0.354 e. The van der Waals surface area contributed by atoms with Crippen molar-refractivity contribution in [2.45, 2.75) is 45.3 Å². The maximum atomic E-state index is 5.61. The normalized spacial score (nSPS) is 18.4. The number of rotatable bonds is 3. The van der Waals surface area contributed by atoms with Gasteiger partial charge in [0.05, 0.1) is 0 Å². The van der Waals surface area contributed by atoms with E-state index in [1.165, 1.54) is 0 Å². The minimum absolute atomic E-state index is 0.254. The predicted molar refractivity (Wildman–Crippen MR) is 87.4 cm³/mol. The maximum absolute atomic E-state index is 5.61. The van der Waals surface area contributed by atoms with Crippen molar-refractivity contribution in [3.05, 3.63) is 11.4 Å². The van der Waals surface area contributed by atoms with Crippen LogP contribution >= 0.6 is 11.8 Å². The summed E-state index contributed by atoms with van der Waals surface area (Å²) >= 11 is 2.02. The van der Waals surface area contributed by atoms with E-state index in [-0.39, 0.29) is 10.7 Å². The van der Waals surface area contributed by atoms with Crippen LogP contribution in [-0.2, 0) is 0 Å². The Bertz CT molecular complexity index is 487. The third kappa shape index (κ3) is 3.17. The van der Waals surface area contributed by atoms with Crippen molar-refractivity contribution in [3.8, 4) is 0 Å². The van der Waals surface area contributed by atoms with Gasteiger partial charge in [0.2, 0.25) is 0 Å². The van der Waals surface area contributed by atoms with Crippen LogP contribution in [0.15, 0.2) is 0 Å². The number of nitrogen functional groups attached to an aromatic ring is 1. The highest BCUT2D eigenvalue weighted by Crippen LogP contribution is 2.34. The van der Waals surface area contributed by atoms with Gasteiger partial charge in [-0.15, -0.1) is 0 Å². The lowest BCUT2D eigenvalue weighted by Gasteiger charge is -2.39. The quantitative estimate of drug-likeness (QED) is 0.660. The number of aromatic nitrogens is 2. The van der Waals surface area contributed by atoms with Gasteiger partial charge in [0.15, 0.2) is 0 Å². The predicted octanol–water partition coefficient (Wildman–Crippen LogP) is 2.53. The van der Waals surface area contributed by atoms with E-state index in [4.69, 9.17) is 10.8 Å². The topological polar surface area (TPSA) is 67.1 Å². The lowest BCUT2D eigenvalue weighted by molar-refractivity contribution is 0.636. The van der Waals surface area contributed by atoms with Crippen molar-refractivity contribution >= 4 is 23.4 Å². The molecule has 1 saturated heterocycles. The summed E-state index contributed by atoms with van der Waals surface area (Å²) in [7, 11) is 0. The summed E-state index contributed by atoms with van der Waals surface area (Å²) in [5.74, 6) is 9.61. The van der Waals surface area contributed by atoms with Crippen molar-refractivity contribution in [1.82, 2.24) is 9.97 Å². The second kappa shape index (κ2) is 5.77. The molecular weight excluding hydrogens is 270 g/mol. The third-order valence-electron chi connectivity index (χ3n) is 3.52. The molecule has 2 rings (SSSR count). The van der Waals surface area contributed by atoms with E-state index in [2.05, 4.69) is 43.0 Å². The zero-order valence-electron chi connectivity index (χ0n) is 13.0. The first-order chi connectivity index (χ1) is 9.34. The zero-order chi connectivity index (χ0) is 14.9. The molecule has 0 bridgehead atoms. The van der Waals surface area contributed by atoms with Gasteiger partial charge in [-0.2, -0.15) is 11.8 Å². The molecule has 1 fully saturated rings. The van der Waals surface area contributed by atoms with E-state index in [0.717, 1.165) is 41.9 Å². The third-order valence-corrected chi connectivity index (χ3v) is 4.81. The van der Waals surface area contributed by atoms with Crippen molar-refractivity contribution in [2.24, 2.45) is 5.84 Å². The molecule has 0 saturated carbocycles. The van der Waals surface area contributed by atoms with Gasteiger partial charge in [0.1, 0.15) is 17.5 Å². The van der Waals surface area contributed by atoms with E-state index in [0.29, 0.717) is 0 Å². The first-order valence-corrected chi connectivity index (χ1v) is 8.06. The van der Waals surface area contributed by atoms with Gasteiger partial charge in [0.25, 0.3) is 0 Å². The van der Waals surface area contributed by atoms with Crippen molar-refractivity contribution < 1.29 is 0 Å². The molecule has 2 heterocycles. The molecule has 1 aromatic rings. The molecule has 6 heteroatoms. The average molecular weight is 295 g/mol. The number of hydrogen-bond acceptors (Lipinski definition) is 6. The van der Waals surface area contributed by atoms with E-state index in [9.17, 15) is 0 Å². The molecule has 112 valence electrons. The number of nitrogens with zero attached hydrogens (tertiary/aromatic N) is 3. The fourth-order valence-corrected chi connectivity index (χ4v) is 3.54. The smallest absolute Gasteiger partial charge is 0.148 e. The highest BCUT2D eigenvalue weighted by atomic mass is 32.2. The van der Waals surface area contributed by atoms with Crippen LogP contribution in [0.1, 0.15) is 45.0 Å². The molecule has 0 aliphatic carbocycles. The Morgan fingerprint density at radius 3 is 2.60 bits per heavy atom. The maximum Gasteiger partial charge on any atom is 0.148 e. The van der Waals surface area contributed by atoms with Gasteiger partial charge in [-0.1, -0.05) is 13.8 Å². The van der Waals surface area contributed by atoms with Crippen molar-refractivity contribution in [1.29, 1.82) is 0 Å². The van der Waals surface area contributed by atoms with Crippen molar-refractivity contribution in [2.75, 3.05) is 29.2 Å². The molecule has 0 aromatic carbocycles. The Morgan fingerprint density at radius 2 is 2.05 bits per heavy atom. The van der Waals surface area contributed by atoms with Crippen LogP contribution in [0.5, 0.6) is 0 Å². The van der Waals surface area contributed by atoms with Gasteiger partial charge in [-0.3, -0.25) is 0 Å². The number of anilines is 2. The Balaban J connectivity index is 2.41. The monoisotopic (exact) mass is 295 g/mol. The van der Waals surface area contributed by atoms with Crippen LogP contribution < -0.4 is 16.2 Å². The molecule has 5 nitrogen and oxygen atoms in total. The van der Waals surface area contributed by atoms with Gasteiger partial charge in [-0.05, 0) is 20.8 Å². The minimum Gasteiger partial charge on any atom is -0.354 e. The fourth-order valence-electron chi connectivity index (χ4n) is 2.43. The average Bonchev–Trinajstić information content (AvgIpc) is 2.37. The minimum atomic E-state index is 0.254. The van der Waals surface area contributed by atoms with Crippen LogP contribution in [0.3, 0.4) is 0 Å². The number of nitrogens with two attached hydrogens (primary N) is 1. The lowest BCUT2D eigenvalue weighted by Crippen LogP contribution is -2.44. The first-order valence-electron chi connectivity index (χ1n) is 7.08. The molecule has 1 aliphatic heterocycles. The Hall–Kier alpha value is -1.01. The Morgan fingerprint density at radius 1 is 1.35 bits per heavy atom. The van der Waals surface area contributed by atoms with Crippen molar-refractivity contribution in [3.63, 3.8) is 0 Å². The number of nitrogens with one attached hydrogen (secondary N) is 1. The van der Waals surface area contributed by atoms with Gasteiger partial charge in [0, 0.05) is 35.1 Å². The molecule has 1 aliphatic rings. The number of hydrogen-bond donors (Lipinski definition) is 2. The molecule has 1 aromatic heterocycles. The molecule has 3 N–H and O–H groups in total. The van der Waals surface area contributed by atoms with Crippen LogP contribution in [0.2, 0.25) is 0 Å². The van der Waals surface area contributed by atoms with E-state index in [1.54, 1.807) is 0 Å². The summed E-state index contributed by atoms with van der Waals surface area (Å²) < 4.78 is 0.254. The van der Waals surface area contributed by atoms with Crippen LogP contribution in [-0.4, -0.2) is 33.6 Å². The standard InChI is InChI=1S/C14H25N5S/c1-9(2)11-16-12(18-15)10(3)13(17-11)19-6-7-20-14(4,5)8-19/h9H,6-8,15H2,1-5H3,(H,16,17,18). The van der Waals surface area contributed by atoms with Crippen LogP contribution in [0.4, 0.5) is 11.6 Å². The highest BCUT2D eigenvalue weighted by Gasteiger charge is 2.29. The molecule has 20 heavy (non-hydrogen) atoms. The fraction of sp³-hybridized carbons (Fsp3) is 0.714. The van der Waals surface area contributed by atoms with Gasteiger partial charge < -0.3 is 10.3 Å². The molecule has 0 radical (unpaired) electrons. The Kier molecular flexibility index (Phi) is 4.44. The van der Waals surface area contributed by atoms with Crippen LogP contribution in [0.25, 0.3) is 0 Å². The highest BCUT2D eigenvalue weighted by molar-refractivity contribution is 8.00. The summed E-state index contributed by atoms with van der Waals surface area (Å²) in [6.07, 6.45) is 0. The summed E-state index contributed by atoms with van der Waals surface area (Å²) in [5.41, 5.74) is 3.74. The zero-order valence-corrected chi connectivity index (χ0v) is 13.8. The molecule has 0 amide bonds. The van der Waals surface area contributed by atoms with E-state index >= 15 is 0 Å². The summed E-state index contributed by atoms with van der Waals surface area (Å²) in [6.45, 7) is 12.8. The molecule has 0 unspecified atom stereocenters. The SMILES string of the molecule is Cc1c(NN)nc(C(C)C)nc1N1CCSC(C)(C)C1. The number of thioether (sulfide) groups is 1. The molecule has 0 atom stereocenters. The second-order valence-corrected chi connectivity index (χ2v) is 8.01. The molecule has 0 spiro atoms. The lowest BCUT2D eigenvalue weighted by atomic mass is 10.1.